The summed E-state index contributed by atoms with van der Waals surface area (Å²) in [6, 6.07) is 11.1. The standard InChI is InChI=1S/C18H16O6/c1-11-6-7-16(24-10-17(20)21)14(8-11)15(19)9-12-4-2-3-5-13(12)18(22)23/h2-8H,9-10H2,1H3,(H,20,21)(H,22,23). The van der Waals surface area contributed by atoms with Gasteiger partial charge < -0.3 is 14.9 Å². The predicted molar refractivity (Wildman–Crippen MR) is 85.7 cm³/mol. The molecule has 0 atom stereocenters. The molecule has 0 aliphatic heterocycles. The molecule has 0 spiro atoms. The third-order valence-corrected chi connectivity index (χ3v) is 3.39. The molecule has 6 nitrogen and oxygen atoms in total. The lowest BCUT2D eigenvalue weighted by Gasteiger charge is -2.11. The summed E-state index contributed by atoms with van der Waals surface area (Å²) in [5.74, 6) is -2.43. The van der Waals surface area contributed by atoms with Crippen LogP contribution in [0.15, 0.2) is 42.5 Å². The zero-order chi connectivity index (χ0) is 17.7. The monoisotopic (exact) mass is 328 g/mol. The minimum atomic E-state index is -1.15. The minimum absolute atomic E-state index is 0.0616. The van der Waals surface area contributed by atoms with Crippen molar-refractivity contribution in [1.82, 2.24) is 0 Å². The molecule has 0 amide bonds. The molecule has 24 heavy (non-hydrogen) atoms. The van der Waals surface area contributed by atoms with Crippen molar-refractivity contribution in [3.05, 3.63) is 64.7 Å². The summed E-state index contributed by atoms with van der Waals surface area (Å²) in [5, 5.41) is 17.9. The van der Waals surface area contributed by atoms with Crippen LogP contribution in [0.25, 0.3) is 0 Å². The fourth-order valence-corrected chi connectivity index (χ4v) is 2.28. The van der Waals surface area contributed by atoms with E-state index in [4.69, 9.17) is 9.84 Å². The average Bonchev–Trinajstić information content (AvgIpc) is 2.53. The first kappa shape index (κ1) is 17.2. The maximum Gasteiger partial charge on any atom is 0.341 e. The van der Waals surface area contributed by atoms with Gasteiger partial charge in [-0.3, -0.25) is 4.79 Å². The van der Waals surface area contributed by atoms with Crippen LogP contribution in [-0.4, -0.2) is 34.5 Å². The van der Waals surface area contributed by atoms with Gasteiger partial charge in [0.1, 0.15) is 5.75 Å². The Bertz CT molecular complexity index is 794. The summed E-state index contributed by atoms with van der Waals surface area (Å²) >= 11 is 0. The van der Waals surface area contributed by atoms with Gasteiger partial charge in [0, 0.05) is 6.42 Å². The van der Waals surface area contributed by atoms with Gasteiger partial charge in [-0.2, -0.15) is 0 Å². The Kier molecular flexibility index (Phi) is 5.31. The molecular weight excluding hydrogens is 312 g/mol. The van der Waals surface area contributed by atoms with E-state index >= 15 is 0 Å². The van der Waals surface area contributed by atoms with Crippen LogP contribution in [-0.2, 0) is 11.2 Å². The summed E-state index contributed by atoms with van der Waals surface area (Å²) in [6.45, 7) is 1.23. The quantitative estimate of drug-likeness (QED) is 0.758. The molecule has 0 saturated heterocycles. The highest BCUT2D eigenvalue weighted by molar-refractivity contribution is 6.01. The lowest BCUT2D eigenvalue weighted by atomic mass is 9.97. The number of aryl methyl sites for hydroxylation is 1. The van der Waals surface area contributed by atoms with Gasteiger partial charge in [0.2, 0.25) is 0 Å². The molecule has 0 fully saturated rings. The molecule has 2 rings (SSSR count). The minimum Gasteiger partial charge on any atom is -0.481 e. The van der Waals surface area contributed by atoms with Crippen LogP contribution in [0.5, 0.6) is 5.75 Å². The van der Waals surface area contributed by atoms with Crippen molar-refractivity contribution in [1.29, 1.82) is 0 Å². The van der Waals surface area contributed by atoms with E-state index in [1.54, 1.807) is 37.3 Å². The molecule has 2 aromatic rings. The Balaban J connectivity index is 2.31. The van der Waals surface area contributed by atoms with Crippen LogP contribution < -0.4 is 4.74 Å². The molecular formula is C18H16O6. The van der Waals surface area contributed by atoms with Gasteiger partial charge in [0.05, 0.1) is 11.1 Å². The van der Waals surface area contributed by atoms with Crippen molar-refractivity contribution in [2.75, 3.05) is 6.61 Å². The average molecular weight is 328 g/mol. The number of hydrogen-bond acceptors (Lipinski definition) is 4. The number of rotatable bonds is 7. The molecule has 0 bridgehead atoms. The first-order valence-corrected chi connectivity index (χ1v) is 7.18. The predicted octanol–water partition coefficient (Wildman–Crippen LogP) is 2.58. The number of carbonyl (C=O) groups excluding carboxylic acids is 1. The number of carboxylic acids is 2. The summed E-state index contributed by atoms with van der Waals surface area (Å²) in [7, 11) is 0. The zero-order valence-corrected chi connectivity index (χ0v) is 13.0. The maximum absolute atomic E-state index is 12.6. The van der Waals surface area contributed by atoms with E-state index in [1.165, 1.54) is 12.1 Å². The lowest BCUT2D eigenvalue weighted by molar-refractivity contribution is -0.139. The summed E-state index contributed by atoms with van der Waals surface area (Å²) < 4.78 is 5.15. The Morgan fingerprint density at radius 3 is 2.38 bits per heavy atom. The van der Waals surface area contributed by atoms with Crippen molar-refractivity contribution in [2.24, 2.45) is 0 Å². The number of carboxylic acid groups (broad SMARTS) is 2. The van der Waals surface area contributed by atoms with Crippen molar-refractivity contribution >= 4 is 17.7 Å². The van der Waals surface area contributed by atoms with E-state index in [0.29, 0.717) is 5.56 Å². The highest BCUT2D eigenvalue weighted by Gasteiger charge is 2.18. The number of ketones is 1. The van der Waals surface area contributed by atoms with E-state index in [9.17, 15) is 19.5 Å². The molecule has 0 heterocycles. The van der Waals surface area contributed by atoms with Crippen LogP contribution in [0.2, 0.25) is 0 Å². The van der Waals surface area contributed by atoms with Gasteiger partial charge in [-0.05, 0) is 30.7 Å². The number of hydrogen-bond donors (Lipinski definition) is 2. The van der Waals surface area contributed by atoms with Crippen LogP contribution in [0, 0.1) is 6.92 Å². The molecule has 124 valence electrons. The second-order valence-corrected chi connectivity index (χ2v) is 5.24. The first-order chi connectivity index (χ1) is 11.4. The van der Waals surface area contributed by atoms with E-state index in [0.717, 1.165) is 5.56 Å². The highest BCUT2D eigenvalue weighted by Crippen LogP contribution is 2.23. The Labute approximate surface area is 138 Å². The van der Waals surface area contributed by atoms with E-state index in [1.807, 2.05) is 0 Å². The van der Waals surface area contributed by atoms with Crippen LogP contribution in [0.4, 0.5) is 0 Å². The molecule has 0 radical (unpaired) electrons. The van der Waals surface area contributed by atoms with Crippen molar-refractivity contribution < 1.29 is 29.3 Å². The molecule has 2 aromatic carbocycles. The number of aliphatic carboxylic acids is 1. The van der Waals surface area contributed by atoms with Crippen molar-refractivity contribution in [3.63, 3.8) is 0 Å². The molecule has 0 aromatic heterocycles. The van der Waals surface area contributed by atoms with Gasteiger partial charge in [-0.25, -0.2) is 9.59 Å². The number of carbonyl (C=O) groups is 3. The zero-order valence-electron chi connectivity index (χ0n) is 13.0. The van der Waals surface area contributed by atoms with Gasteiger partial charge in [-0.15, -0.1) is 0 Å². The molecule has 0 aliphatic rings. The van der Waals surface area contributed by atoms with Crippen LogP contribution >= 0.6 is 0 Å². The van der Waals surface area contributed by atoms with Gasteiger partial charge in [0.25, 0.3) is 0 Å². The third kappa shape index (κ3) is 4.19. The van der Waals surface area contributed by atoms with Crippen LogP contribution in [0.1, 0.15) is 31.8 Å². The molecule has 0 saturated carbocycles. The normalized spacial score (nSPS) is 10.2. The number of Topliss-reactive ketones (excluding diaryl/α,β-unsaturated/α-hetero) is 1. The summed E-state index contributed by atoms with van der Waals surface area (Å²) in [6.07, 6.45) is -0.116. The van der Waals surface area contributed by atoms with Crippen LogP contribution in [0.3, 0.4) is 0 Å². The third-order valence-electron chi connectivity index (χ3n) is 3.39. The molecule has 0 unspecified atom stereocenters. The fourth-order valence-electron chi connectivity index (χ4n) is 2.28. The fraction of sp³-hybridized carbons (Fsp3) is 0.167. The Hall–Kier alpha value is -3.15. The lowest BCUT2D eigenvalue weighted by Crippen LogP contribution is -2.14. The number of benzene rings is 2. The Morgan fingerprint density at radius 2 is 1.71 bits per heavy atom. The second-order valence-electron chi connectivity index (χ2n) is 5.24. The summed E-state index contributed by atoms with van der Waals surface area (Å²) in [4.78, 5) is 34.5. The van der Waals surface area contributed by atoms with E-state index < -0.39 is 18.5 Å². The second kappa shape index (κ2) is 7.41. The van der Waals surface area contributed by atoms with Crippen molar-refractivity contribution in [2.45, 2.75) is 13.3 Å². The molecule has 6 heteroatoms. The number of aromatic carboxylic acids is 1. The van der Waals surface area contributed by atoms with E-state index in [2.05, 4.69) is 0 Å². The highest BCUT2D eigenvalue weighted by atomic mass is 16.5. The smallest absolute Gasteiger partial charge is 0.341 e. The topological polar surface area (TPSA) is 101 Å². The SMILES string of the molecule is Cc1ccc(OCC(=O)O)c(C(=O)Cc2ccccc2C(=O)O)c1. The Morgan fingerprint density at radius 1 is 1.00 bits per heavy atom. The maximum atomic E-state index is 12.6. The van der Waals surface area contributed by atoms with Gasteiger partial charge in [-0.1, -0.05) is 29.8 Å². The van der Waals surface area contributed by atoms with Gasteiger partial charge >= 0.3 is 11.9 Å². The van der Waals surface area contributed by atoms with Crippen molar-refractivity contribution in [3.8, 4) is 5.75 Å². The molecule has 0 aliphatic carbocycles. The number of ether oxygens (including phenoxy) is 1. The van der Waals surface area contributed by atoms with Gasteiger partial charge in [0.15, 0.2) is 12.4 Å². The van der Waals surface area contributed by atoms with E-state index in [-0.39, 0.29) is 29.1 Å². The summed E-state index contributed by atoms with van der Waals surface area (Å²) in [5.41, 5.74) is 1.50. The first-order valence-electron chi connectivity index (χ1n) is 7.18. The molecule has 2 N–H and O–H groups in total. The largest absolute Gasteiger partial charge is 0.481 e.